The zero-order valence-electron chi connectivity index (χ0n) is 18.6. The molecule has 1 aromatic heterocycles. The van der Waals surface area contributed by atoms with E-state index in [9.17, 15) is 4.79 Å². The highest BCUT2D eigenvalue weighted by Gasteiger charge is 2.37. The van der Waals surface area contributed by atoms with E-state index in [2.05, 4.69) is 53.6 Å². The predicted octanol–water partition coefficient (Wildman–Crippen LogP) is 6.11. The number of furan rings is 1. The summed E-state index contributed by atoms with van der Waals surface area (Å²) >= 11 is 0. The first-order valence-corrected chi connectivity index (χ1v) is 11.4. The molecule has 2 atom stereocenters. The number of allylic oxidation sites excluding steroid dienone is 1. The average molecular weight is 428 g/mol. The van der Waals surface area contributed by atoms with Crippen molar-refractivity contribution in [1.82, 2.24) is 0 Å². The maximum absolute atomic E-state index is 13.5. The summed E-state index contributed by atoms with van der Waals surface area (Å²) in [7, 11) is 0. The van der Waals surface area contributed by atoms with E-state index >= 15 is 0 Å². The fourth-order valence-corrected chi connectivity index (χ4v) is 4.94. The lowest BCUT2D eigenvalue weighted by atomic mass is 9.79. The fourth-order valence-electron chi connectivity index (χ4n) is 4.94. The van der Waals surface area contributed by atoms with Gasteiger partial charge in [0.15, 0.2) is 5.78 Å². The number of hydrogen-bond acceptors (Lipinski definition) is 5. The second kappa shape index (κ2) is 8.58. The molecule has 2 aromatic carbocycles. The van der Waals surface area contributed by atoms with E-state index in [1.54, 1.807) is 6.26 Å². The predicted molar refractivity (Wildman–Crippen MR) is 129 cm³/mol. The molecule has 0 amide bonds. The van der Waals surface area contributed by atoms with Gasteiger partial charge in [0.2, 0.25) is 0 Å². The minimum atomic E-state index is -0.297. The number of fused-ring (bicyclic) bond motifs is 1. The average Bonchev–Trinajstić information content (AvgIpc) is 3.29. The van der Waals surface area contributed by atoms with Crippen LogP contribution in [0.25, 0.3) is 0 Å². The maximum atomic E-state index is 13.5. The molecule has 0 saturated heterocycles. The SMILES string of the molecule is CCN(CC)c1ccc(C2CC(=O)C3=C(C2)Nc2ccccc2NC3c2ccco2)cc1. The Morgan fingerprint density at radius 1 is 0.938 bits per heavy atom. The lowest BCUT2D eigenvalue weighted by Gasteiger charge is -2.29. The number of ketones is 1. The molecule has 0 saturated carbocycles. The lowest BCUT2D eigenvalue weighted by Crippen LogP contribution is -2.26. The van der Waals surface area contributed by atoms with Crippen molar-refractivity contribution in [3.05, 3.63) is 89.5 Å². The number of nitrogens with zero attached hydrogens (tertiary/aromatic N) is 1. The van der Waals surface area contributed by atoms with Crippen molar-refractivity contribution in [3.63, 3.8) is 0 Å². The van der Waals surface area contributed by atoms with Crippen LogP contribution in [0.4, 0.5) is 17.1 Å². The quantitative estimate of drug-likeness (QED) is 0.515. The third-order valence-corrected chi connectivity index (χ3v) is 6.63. The highest BCUT2D eigenvalue weighted by Crippen LogP contribution is 2.44. The normalized spacial score (nSPS) is 20.0. The topological polar surface area (TPSA) is 57.5 Å². The van der Waals surface area contributed by atoms with Crippen molar-refractivity contribution in [2.45, 2.75) is 38.6 Å². The number of para-hydroxylation sites is 2. The largest absolute Gasteiger partial charge is 0.467 e. The number of nitrogens with one attached hydrogen (secondary N) is 2. The molecular formula is C27H29N3O2. The van der Waals surface area contributed by atoms with E-state index in [0.29, 0.717) is 6.42 Å². The van der Waals surface area contributed by atoms with Crippen LogP contribution in [0.3, 0.4) is 0 Å². The summed E-state index contributed by atoms with van der Waals surface area (Å²) in [6.45, 7) is 6.31. The molecule has 0 bridgehead atoms. The molecule has 2 unspecified atom stereocenters. The number of benzene rings is 2. The number of rotatable bonds is 5. The van der Waals surface area contributed by atoms with Crippen molar-refractivity contribution in [3.8, 4) is 0 Å². The molecular weight excluding hydrogens is 398 g/mol. The number of anilines is 3. The Balaban J connectivity index is 1.50. The van der Waals surface area contributed by atoms with E-state index < -0.39 is 0 Å². The van der Waals surface area contributed by atoms with Gasteiger partial charge in [-0.3, -0.25) is 4.79 Å². The van der Waals surface area contributed by atoms with Crippen LogP contribution in [0.2, 0.25) is 0 Å². The van der Waals surface area contributed by atoms with Crippen LogP contribution in [0.5, 0.6) is 0 Å². The Bertz CT molecular complexity index is 1130. The Morgan fingerprint density at radius 3 is 2.38 bits per heavy atom. The Labute approximate surface area is 189 Å². The monoisotopic (exact) mass is 427 g/mol. The van der Waals surface area contributed by atoms with Crippen LogP contribution in [0, 0.1) is 0 Å². The minimum absolute atomic E-state index is 0.155. The molecule has 0 radical (unpaired) electrons. The van der Waals surface area contributed by atoms with Crippen LogP contribution >= 0.6 is 0 Å². The Hall–Kier alpha value is -3.47. The summed E-state index contributed by atoms with van der Waals surface area (Å²) in [5.74, 6) is 1.08. The van der Waals surface area contributed by atoms with Gasteiger partial charge in [0.1, 0.15) is 11.8 Å². The summed E-state index contributed by atoms with van der Waals surface area (Å²) in [6, 6.07) is 20.3. The van der Waals surface area contributed by atoms with Crippen LogP contribution < -0.4 is 15.5 Å². The molecule has 32 heavy (non-hydrogen) atoms. The van der Waals surface area contributed by atoms with E-state index in [1.165, 1.54) is 11.3 Å². The number of carbonyl (C=O) groups is 1. The van der Waals surface area contributed by atoms with Crippen LogP contribution in [-0.2, 0) is 4.79 Å². The molecule has 0 fully saturated rings. The lowest BCUT2D eigenvalue weighted by molar-refractivity contribution is -0.116. The first kappa shape index (κ1) is 20.4. The van der Waals surface area contributed by atoms with Crippen LogP contribution in [-0.4, -0.2) is 18.9 Å². The van der Waals surface area contributed by atoms with Gasteiger partial charge >= 0.3 is 0 Å². The van der Waals surface area contributed by atoms with Gasteiger partial charge in [-0.1, -0.05) is 24.3 Å². The van der Waals surface area contributed by atoms with Gasteiger partial charge in [-0.05, 0) is 68.1 Å². The van der Waals surface area contributed by atoms with Crippen molar-refractivity contribution in [2.75, 3.05) is 28.6 Å². The third kappa shape index (κ3) is 3.68. The van der Waals surface area contributed by atoms with Gasteiger partial charge in [0.25, 0.3) is 0 Å². The molecule has 0 spiro atoms. The Morgan fingerprint density at radius 2 is 1.69 bits per heavy atom. The second-order valence-corrected chi connectivity index (χ2v) is 8.45. The zero-order valence-corrected chi connectivity index (χ0v) is 18.6. The number of hydrogen-bond donors (Lipinski definition) is 2. The number of Topliss-reactive ketones (excluding diaryl/α,β-unsaturated/α-hetero) is 1. The van der Waals surface area contributed by atoms with Crippen LogP contribution in [0.15, 0.2) is 82.6 Å². The second-order valence-electron chi connectivity index (χ2n) is 8.45. The third-order valence-electron chi connectivity index (χ3n) is 6.63. The summed E-state index contributed by atoms with van der Waals surface area (Å²) in [5.41, 5.74) is 6.16. The smallest absolute Gasteiger partial charge is 0.163 e. The minimum Gasteiger partial charge on any atom is -0.467 e. The van der Waals surface area contributed by atoms with Gasteiger partial charge in [-0.15, -0.1) is 0 Å². The van der Waals surface area contributed by atoms with E-state index in [4.69, 9.17) is 4.42 Å². The molecule has 3 aromatic rings. The van der Waals surface area contributed by atoms with Gasteiger partial charge in [0, 0.05) is 36.5 Å². The summed E-state index contributed by atoms with van der Waals surface area (Å²) in [6.07, 6.45) is 2.95. The van der Waals surface area contributed by atoms with Gasteiger partial charge in [0.05, 0.1) is 17.6 Å². The summed E-state index contributed by atoms with van der Waals surface area (Å²) < 4.78 is 5.73. The molecule has 1 aliphatic heterocycles. The van der Waals surface area contributed by atoms with Crippen molar-refractivity contribution in [1.29, 1.82) is 0 Å². The molecule has 1 aliphatic carbocycles. The Kier molecular flexibility index (Phi) is 5.48. The highest BCUT2D eigenvalue weighted by molar-refractivity contribution is 6.01. The zero-order chi connectivity index (χ0) is 22.1. The van der Waals surface area contributed by atoms with Crippen LogP contribution in [0.1, 0.15) is 50.0 Å². The maximum Gasteiger partial charge on any atom is 0.163 e. The van der Waals surface area contributed by atoms with Gasteiger partial charge in [-0.25, -0.2) is 0 Å². The molecule has 5 nitrogen and oxygen atoms in total. The summed E-state index contributed by atoms with van der Waals surface area (Å²) in [4.78, 5) is 15.8. The van der Waals surface area contributed by atoms with Gasteiger partial charge < -0.3 is 20.0 Å². The fraction of sp³-hybridized carbons (Fsp3) is 0.296. The molecule has 2 heterocycles. The van der Waals surface area contributed by atoms with Crippen molar-refractivity contribution >= 4 is 22.8 Å². The molecule has 164 valence electrons. The first-order valence-electron chi connectivity index (χ1n) is 11.4. The first-order chi connectivity index (χ1) is 15.7. The molecule has 5 rings (SSSR count). The van der Waals surface area contributed by atoms with Crippen molar-refractivity contribution < 1.29 is 9.21 Å². The molecule has 2 aliphatic rings. The molecule has 5 heteroatoms. The highest BCUT2D eigenvalue weighted by atomic mass is 16.3. The van der Waals surface area contributed by atoms with E-state index in [-0.39, 0.29) is 17.7 Å². The van der Waals surface area contributed by atoms with Crippen molar-refractivity contribution in [2.24, 2.45) is 0 Å². The summed E-state index contributed by atoms with van der Waals surface area (Å²) in [5, 5.41) is 7.12. The van der Waals surface area contributed by atoms with Gasteiger partial charge in [-0.2, -0.15) is 0 Å². The van der Waals surface area contributed by atoms with E-state index in [1.807, 2.05) is 36.4 Å². The number of carbonyl (C=O) groups excluding carboxylic acids is 1. The molecule has 2 N–H and O–H groups in total. The standard InChI is InChI=1S/C27H29N3O2/c1-3-30(4-2)20-13-11-18(12-14-20)19-16-23-26(24(31)17-19)27(25-10-7-15-32-25)29-22-9-6-5-8-21(22)28-23/h5-15,19,27-29H,3-4,16-17H2,1-2H3. The van der Waals surface area contributed by atoms with E-state index in [0.717, 1.165) is 47.9 Å².